The van der Waals surface area contributed by atoms with Crippen LogP contribution in [0.2, 0.25) is 5.02 Å². The van der Waals surface area contributed by atoms with Crippen molar-refractivity contribution in [1.29, 1.82) is 0 Å². The van der Waals surface area contributed by atoms with Gasteiger partial charge in [-0.05, 0) is 25.5 Å². The molecule has 96 valence electrons. The molecule has 1 aromatic rings. The van der Waals surface area contributed by atoms with Gasteiger partial charge < -0.3 is 10.1 Å². The Morgan fingerprint density at radius 2 is 2.11 bits per heavy atom. The van der Waals surface area contributed by atoms with Crippen LogP contribution in [0.1, 0.15) is 12.5 Å². The second-order valence-electron chi connectivity index (χ2n) is 3.51. The number of para-hydroxylation sites is 1. The quantitative estimate of drug-likeness (QED) is 0.674. The van der Waals surface area contributed by atoms with Crippen LogP contribution < -0.4 is 5.32 Å². The van der Waals surface area contributed by atoms with Gasteiger partial charge in [0.25, 0.3) is 0 Å². The number of carbonyl (C=O) groups excluding carboxylic acids is 2. The minimum absolute atomic E-state index is 0.272. The van der Waals surface area contributed by atoms with E-state index >= 15 is 0 Å². The summed E-state index contributed by atoms with van der Waals surface area (Å²) < 4.78 is 4.66. The van der Waals surface area contributed by atoms with Crippen LogP contribution in [-0.4, -0.2) is 18.5 Å². The standard InChI is InChI=1S/C13H14ClNO3/c1-3-18-12(17)8-7-11(16)15-13-9(2)5-4-6-10(13)14/h4-8H,3H2,1-2H3,(H,15,16)/b8-7-. The first-order valence-electron chi connectivity index (χ1n) is 5.45. The molecule has 1 aromatic carbocycles. The Hall–Kier alpha value is -1.81. The number of rotatable bonds is 4. The molecule has 0 saturated heterocycles. The van der Waals surface area contributed by atoms with E-state index in [-0.39, 0.29) is 6.61 Å². The number of halogens is 1. The van der Waals surface area contributed by atoms with Crippen molar-refractivity contribution >= 4 is 29.2 Å². The maximum atomic E-state index is 11.6. The molecule has 1 rings (SSSR count). The molecule has 0 aromatic heterocycles. The van der Waals surface area contributed by atoms with Gasteiger partial charge in [-0.3, -0.25) is 4.79 Å². The molecule has 0 aliphatic carbocycles. The third-order valence-corrected chi connectivity index (χ3v) is 2.44. The van der Waals surface area contributed by atoms with Gasteiger partial charge in [-0.2, -0.15) is 0 Å². The Labute approximate surface area is 111 Å². The van der Waals surface area contributed by atoms with Gasteiger partial charge >= 0.3 is 5.97 Å². The lowest BCUT2D eigenvalue weighted by Gasteiger charge is -2.07. The van der Waals surface area contributed by atoms with Crippen molar-refractivity contribution in [2.75, 3.05) is 11.9 Å². The van der Waals surface area contributed by atoms with E-state index in [0.29, 0.717) is 10.7 Å². The highest BCUT2D eigenvalue weighted by molar-refractivity contribution is 6.34. The number of aryl methyl sites for hydroxylation is 1. The van der Waals surface area contributed by atoms with Gasteiger partial charge in [0, 0.05) is 12.2 Å². The highest BCUT2D eigenvalue weighted by Gasteiger charge is 2.06. The molecule has 4 nitrogen and oxygen atoms in total. The first-order chi connectivity index (χ1) is 8.54. The Bertz CT molecular complexity index is 463. The fourth-order valence-electron chi connectivity index (χ4n) is 1.29. The molecule has 0 heterocycles. The van der Waals surface area contributed by atoms with Gasteiger partial charge in [-0.25, -0.2) is 4.79 Å². The van der Waals surface area contributed by atoms with Gasteiger partial charge in [0.1, 0.15) is 0 Å². The van der Waals surface area contributed by atoms with E-state index in [1.165, 1.54) is 0 Å². The molecule has 0 unspecified atom stereocenters. The Morgan fingerprint density at radius 3 is 2.72 bits per heavy atom. The highest BCUT2D eigenvalue weighted by atomic mass is 35.5. The lowest BCUT2D eigenvalue weighted by atomic mass is 10.2. The number of esters is 1. The van der Waals surface area contributed by atoms with Gasteiger partial charge in [0.05, 0.1) is 17.3 Å². The van der Waals surface area contributed by atoms with Crippen molar-refractivity contribution in [3.63, 3.8) is 0 Å². The van der Waals surface area contributed by atoms with E-state index in [9.17, 15) is 9.59 Å². The summed E-state index contributed by atoms with van der Waals surface area (Å²) in [5.41, 5.74) is 1.39. The molecule has 0 bridgehead atoms. The third kappa shape index (κ3) is 4.22. The number of anilines is 1. The Balaban J connectivity index is 2.68. The normalized spacial score (nSPS) is 10.4. The summed E-state index contributed by atoms with van der Waals surface area (Å²) in [7, 11) is 0. The van der Waals surface area contributed by atoms with Gasteiger partial charge in [0.15, 0.2) is 0 Å². The number of benzene rings is 1. The van der Waals surface area contributed by atoms with Crippen molar-refractivity contribution in [3.8, 4) is 0 Å². The topological polar surface area (TPSA) is 55.4 Å². The monoisotopic (exact) mass is 267 g/mol. The number of hydrogen-bond donors (Lipinski definition) is 1. The van der Waals surface area contributed by atoms with E-state index in [1.54, 1.807) is 19.1 Å². The fraction of sp³-hybridized carbons (Fsp3) is 0.231. The lowest BCUT2D eigenvalue weighted by molar-refractivity contribution is -0.137. The average molecular weight is 268 g/mol. The predicted octanol–water partition coefficient (Wildman–Crippen LogP) is 2.71. The molecule has 5 heteroatoms. The third-order valence-electron chi connectivity index (χ3n) is 2.13. The van der Waals surface area contributed by atoms with E-state index in [1.807, 2.05) is 13.0 Å². The van der Waals surface area contributed by atoms with Crippen molar-refractivity contribution < 1.29 is 14.3 Å². The van der Waals surface area contributed by atoms with Crippen LogP contribution in [0.5, 0.6) is 0 Å². The van der Waals surface area contributed by atoms with Crippen LogP contribution in [0.15, 0.2) is 30.4 Å². The van der Waals surface area contributed by atoms with Crippen LogP contribution in [0.25, 0.3) is 0 Å². The zero-order valence-electron chi connectivity index (χ0n) is 10.2. The maximum Gasteiger partial charge on any atom is 0.330 e. The smallest absolute Gasteiger partial charge is 0.330 e. The van der Waals surface area contributed by atoms with E-state index < -0.39 is 11.9 Å². The van der Waals surface area contributed by atoms with Crippen molar-refractivity contribution in [2.45, 2.75) is 13.8 Å². The van der Waals surface area contributed by atoms with Crippen molar-refractivity contribution in [2.24, 2.45) is 0 Å². The van der Waals surface area contributed by atoms with Crippen LogP contribution in [0, 0.1) is 6.92 Å². The molecule has 18 heavy (non-hydrogen) atoms. The molecule has 0 atom stereocenters. The molecular formula is C13H14ClNO3. The molecule has 1 N–H and O–H groups in total. The zero-order valence-corrected chi connectivity index (χ0v) is 11.0. The van der Waals surface area contributed by atoms with Crippen molar-refractivity contribution in [3.05, 3.63) is 40.9 Å². The number of hydrogen-bond acceptors (Lipinski definition) is 3. The van der Waals surface area contributed by atoms with Gasteiger partial charge in [-0.15, -0.1) is 0 Å². The lowest BCUT2D eigenvalue weighted by Crippen LogP contribution is -2.10. The molecule has 1 amide bonds. The van der Waals surface area contributed by atoms with E-state index in [0.717, 1.165) is 17.7 Å². The second-order valence-corrected chi connectivity index (χ2v) is 3.91. The summed E-state index contributed by atoms with van der Waals surface area (Å²) in [5.74, 6) is -0.984. The summed E-state index contributed by atoms with van der Waals surface area (Å²) >= 11 is 5.96. The molecule has 0 spiro atoms. The largest absolute Gasteiger partial charge is 0.463 e. The van der Waals surface area contributed by atoms with Crippen molar-refractivity contribution in [1.82, 2.24) is 0 Å². The molecule has 0 radical (unpaired) electrons. The van der Waals surface area contributed by atoms with E-state index in [4.69, 9.17) is 11.6 Å². The predicted molar refractivity (Wildman–Crippen MR) is 70.6 cm³/mol. The Kier molecular flexibility index (Phi) is 5.39. The molecule has 0 fully saturated rings. The summed E-state index contributed by atoms with van der Waals surface area (Å²) in [5, 5.41) is 3.06. The molecule has 0 aliphatic rings. The van der Waals surface area contributed by atoms with E-state index in [2.05, 4.69) is 10.1 Å². The van der Waals surface area contributed by atoms with Crippen LogP contribution in [0.4, 0.5) is 5.69 Å². The highest BCUT2D eigenvalue weighted by Crippen LogP contribution is 2.24. The average Bonchev–Trinajstić information content (AvgIpc) is 2.32. The first kappa shape index (κ1) is 14.3. The summed E-state index contributed by atoms with van der Waals surface area (Å²) in [4.78, 5) is 22.6. The number of amides is 1. The van der Waals surface area contributed by atoms with Crippen LogP contribution in [-0.2, 0) is 14.3 Å². The summed E-state index contributed by atoms with van der Waals surface area (Å²) in [6.45, 7) is 3.80. The number of nitrogens with one attached hydrogen (secondary N) is 1. The maximum absolute atomic E-state index is 11.6. The van der Waals surface area contributed by atoms with Gasteiger partial charge in [0.2, 0.25) is 5.91 Å². The first-order valence-corrected chi connectivity index (χ1v) is 5.83. The minimum Gasteiger partial charge on any atom is -0.463 e. The van der Waals surface area contributed by atoms with Crippen LogP contribution in [0.3, 0.4) is 0 Å². The van der Waals surface area contributed by atoms with Gasteiger partial charge in [-0.1, -0.05) is 23.7 Å². The summed E-state index contributed by atoms with van der Waals surface area (Å²) in [6, 6.07) is 5.30. The van der Waals surface area contributed by atoms with Crippen LogP contribution >= 0.6 is 11.6 Å². The number of ether oxygens (including phenoxy) is 1. The second kappa shape index (κ2) is 6.81. The fourth-order valence-corrected chi connectivity index (χ4v) is 1.56. The minimum atomic E-state index is -0.552. The summed E-state index contributed by atoms with van der Waals surface area (Å²) in [6.07, 6.45) is 2.19. The molecule has 0 aliphatic heterocycles. The Morgan fingerprint density at radius 1 is 1.39 bits per heavy atom. The molecular weight excluding hydrogens is 254 g/mol. The molecule has 0 saturated carbocycles. The zero-order chi connectivity index (χ0) is 13.5. The SMILES string of the molecule is CCOC(=O)/C=C\C(=O)Nc1c(C)cccc1Cl. The number of carbonyl (C=O) groups is 2.